The smallest absolute Gasteiger partial charge is 0.270 e. The van der Waals surface area contributed by atoms with Gasteiger partial charge in [0.1, 0.15) is 5.69 Å². The summed E-state index contributed by atoms with van der Waals surface area (Å²) < 4.78 is 1.79. The van der Waals surface area contributed by atoms with Crippen molar-refractivity contribution in [3.8, 4) is 11.1 Å². The number of hydrogen-bond acceptors (Lipinski definition) is 4. The van der Waals surface area contributed by atoms with Gasteiger partial charge in [0.15, 0.2) is 4.96 Å². The molecule has 0 unspecified atom stereocenters. The number of aromatic nitrogens is 2. The van der Waals surface area contributed by atoms with E-state index in [-0.39, 0.29) is 17.9 Å². The van der Waals surface area contributed by atoms with Crippen molar-refractivity contribution in [3.05, 3.63) is 83.1 Å². The van der Waals surface area contributed by atoms with Crippen molar-refractivity contribution in [2.75, 3.05) is 6.54 Å². The molecule has 2 N–H and O–H groups in total. The SMILES string of the molecule is Cc1nc2sccn2c1C(=O)NC[C@@H](C)NC(=O)c1ccccc1-c1ccccc1. The maximum atomic E-state index is 12.9. The van der Waals surface area contributed by atoms with Gasteiger partial charge in [0.2, 0.25) is 0 Å². The van der Waals surface area contributed by atoms with Crippen molar-refractivity contribution < 1.29 is 9.59 Å². The third kappa shape index (κ3) is 3.97. The third-order valence-corrected chi connectivity index (χ3v) is 5.61. The number of aryl methyl sites for hydroxylation is 1. The molecule has 0 bridgehead atoms. The molecule has 2 heterocycles. The zero-order valence-electron chi connectivity index (χ0n) is 16.8. The molecule has 0 aliphatic rings. The van der Waals surface area contributed by atoms with Crippen LogP contribution in [0.15, 0.2) is 66.2 Å². The maximum absolute atomic E-state index is 12.9. The Labute approximate surface area is 178 Å². The van der Waals surface area contributed by atoms with Gasteiger partial charge >= 0.3 is 0 Å². The van der Waals surface area contributed by atoms with Crippen LogP contribution in [0.3, 0.4) is 0 Å². The Morgan fingerprint density at radius 2 is 1.80 bits per heavy atom. The summed E-state index contributed by atoms with van der Waals surface area (Å²) in [5.74, 6) is -0.374. The van der Waals surface area contributed by atoms with E-state index in [4.69, 9.17) is 0 Å². The lowest BCUT2D eigenvalue weighted by Gasteiger charge is -2.16. The molecule has 0 saturated heterocycles. The van der Waals surface area contributed by atoms with E-state index in [9.17, 15) is 9.59 Å². The quantitative estimate of drug-likeness (QED) is 0.498. The number of imidazole rings is 1. The Morgan fingerprint density at radius 3 is 2.60 bits per heavy atom. The molecule has 30 heavy (non-hydrogen) atoms. The normalized spacial score (nSPS) is 11.9. The number of amides is 2. The summed E-state index contributed by atoms with van der Waals surface area (Å²) in [7, 11) is 0. The van der Waals surface area contributed by atoms with E-state index in [0.717, 1.165) is 16.1 Å². The Hall–Kier alpha value is -3.45. The van der Waals surface area contributed by atoms with Gasteiger partial charge in [-0.1, -0.05) is 48.5 Å². The number of thiazole rings is 1. The van der Waals surface area contributed by atoms with Crippen LogP contribution in [0.2, 0.25) is 0 Å². The molecule has 2 amide bonds. The minimum atomic E-state index is -0.239. The first-order valence-corrected chi connectivity index (χ1v) is 10.6. The van der Waals surface area contributed by atoms with Gasteiger partial charge in [0.25, 0.3) is 11.8 Å². The van der Waals surface area contributed by atoms with E-state index in [2.05, 4.69) is 15.6 Å². The predicted octanol–water partition coefficient (Wildman–Crippen LogP) is 3.92. The van der Waals surface area contributed by atoms with Crippen LogP contribution in [-0.4, -0.2) is 33.8 Å². The first-order chi connectivity index (χ1) is 14.5. The highest BCUT2D eigenvalue weighted by Gasteiger charge is 2.19. The van der Waals surface area contributed by atoms with E-state index in [1.165, 1.54) is 11.3 Å². The molecule has 0 saturated carbocycles. The van der Waals surface area contributed by atoms with Crippen LogP contribution < -0.4 is 10.6 Å². The second kappa shape index (κ2) is 8.51. The monoisotopic (exact) mass is 418 g/mol. The number of benzene rings is 2. The van der Waals surface area contributed by atoms with Crippen LogP contribution >= 0.6 is 11.3 Å². The topological polar surface area (TPSA) is 75.5 Å². The van der Waals surface area contributed by atoms with Crippen molar-refractivity contribution in [2.45, 2.75) is 19.9 Å². The van der Waals surface area contributed by atoms with Gasteiger partial charge in [0.05, 0.1) is 5.69 Å². The molecule has 7 heteroatoms. The summed E-state index contributed by atoms with van der Waals surface area (Å²) in [5, 5.41) is 7.78. The Bertz CT molecular complexity index is 1200. The molecule has 1 atom stereocenters. The standard InChI is InChI=1S/C23H22N4O2S/c1-15(14-24-22(29)20-16(2)26-23-27(20)12-13-30-23)25-21(28)19-11-7-6-10-18(19)17-8-4-3-5-9-17/h3-13,15H,14H2,1-2H3,(H,24,29)(H,25,28)/t15-/m1/s1. The number of nitrogens with zero attached hydrogens (tertiary/aromatic N) is 2. The van der Waals surface area contributed by atoms with Crippen molar-refractivity contribution in [2.24, 2.45) is 0 Å². The third-order valence-electron chi connectivity index (χ3n) is 4.85. The highest BCUT2D eigenvalue weighted by molar-refractivity contribution is 7.15. The highest BCUT2D eigenvalue weighted by Crippen LogP contribution is 2.23. The zero-order valence-corrected chi connectivity index (χ0v) is 17.6. The van der Waals surface area contributed by atoms with Crippen molar-refractivity contribution in [3.63, 3.8) is 0 Å². The zero-order chi connectivity index (χ0) is 21.1. The average molecular weight is 419 g/mol. The average Bonchev–Trinajstić information content (AvgIpc) is 3.32. The lowest BCUT2D eigenvalue weighted by atomic mass is 9.99. The molecule has 152 valence electrons. The molecule has 4 aromatic rings. The molecule has 0 aliphatic carbocycles. The second-order valence-electron chi connectivity index (χ2n) is 7.10. The Morgan fingerprint density at radius 1 is 1.07 bits per heavy atom. The van der Waals surface area contributed by atoms with E-state index < -0.39 is 0 Å². The van der Waals surface area contributed by atoms with Gasteiger partial charge in [-0.2, -0.15) is 0 Å². The second-order valence-corrected chi connectivity index (χ2v) is 7.97. The molecular weight excluding hydrogens is 396 g/mol. The first kappa shape index (κ1) is 19.8. The number of hydrogen-bond donors (Lipinski definition) is 2. The predicted molar refractivity (Wildman–Crippen MR) is 119 cm³/mol. The maximum Gasteiger partial charge on any atom is 0.270 e. The molecule has 0 radical (unpaired) electrons. The molecule has 0 spiro atoms. The van der Waals surface area contributed by atoms with Gasteiger partial charge in [-0.05, 0) is 31.0 Å². The van der Waals surface area contributed by atoms with E-state index in [1.54, 1.807) is 4.40 Å². The van der Waals surface area contributed by atoms with Crippen LogP contribution in [-0.2, 0) is 0 Å². The van der Waals surface area contributed by atoms with Crippen molar-refractivity contribution >= 4 is 28.1 Å². The summed E-state index contributed by atoms with van der Waals surface area (Å²) in [6, 6.07) is 17.1. The van der Waals surface area contributed by atoms with Gasteiger partial charge in [-0.3, -0.25) is 14.0 Å². The van der Waals surface area contributed by atoms with Crippen LogP contribution in [0, 0.1) is 6.92 Å². The molecular formula is C23H22N4O2S. The minimum absolute atomic E-state index is 0.169. The van der Waals surface area contributed by atoms with Crippen LogP contribution in [0.5, 0.6) is 0 Å². The number of carbonyl (C=O) groups excluding carboxylic acids is 2. The van der Waals surface area contributed by atoms with E-state index in [1.807, 2.05) is 80.0 Å². The Kier molecular flexibility index (Phi) is 5.63. The number of fused-ring (bicyclic) bond motifs is 1. The summed E-state index contributed by atoms with van der Waals surface area (Å²) in [6.45, 7) is 4.00. The summed E-state index contributed by atoms with van der Waals surface area (Å²) in [6.07, 6.45) is 1.83. The summed E-state index contributed by atoms with van der Waals surface area (Å²) in [4.78, 5) is 30.7. The Balaban J connectivity index is 1.42. The van der Waals surface area contributed by atoms with Crippen LogP contribution in [0.25, 0.3) is 16.1 Å². The molecule has 2 aromatic heterocycles. The molecule has 2 aromatic carbocycles. The van der Waals surface area contributed by atoms with Gasteiger partial charge in [0, 0.05) is 29.7 Å². The molecule has 0 aliphatic heterocycles. The van der Waals surface area contributed by atoms with Gasteiger partial charge in [-0.25, -0.2) is 4.98 Å². The fourth-order valence-electron chi connectivity index (χ4n) is 3.40. The van der Waals surface area contributed by atoms with E-state index in [0.29, 0.717) is 23.5 Å². The first-order valence-electron chi connectivity index (χ1n) is 9.70. The lowest BCUT2D eigenvalue weighted by Crippen LogP contribution is -2.42. The largest absolute Gasteiger partial charge is 0.349 e. The van der Waals surface area contributed by atoms with Gasteiger partial charge in [-0.15, -0.1) is 11.3 Å². The fourth-order valence-corrected chi connectivity index (χ4v) is 4.16. The highest BCUT2D eigenvalue weighted by atomic mass is 32.1. The van der Waals surface area contributed by atoms with Gasteiger partial charge < -0.3 is 10.6 Å². The lowest BCUT2D eigenvalue weighted by molar-refractivity contribution is 0.0909. The van der Waals surface area contributed by atoms with Crippen LogP contribution in [0.4, 0.5) is 0 Å². The number of rotatable bonds is 6. The molecule has 6 nitrogen and oxygen atoms in total. The van der Waals surface area contributed by atoms with Crippen molar-refractivity contribution in [1.29, 1.82) is 0 Å². The molecule has 0 fully saturated rings. The molecule has 4 rings (SSSR count). The summed E-state index contributed by atoms with van der Waals surface area (Å²) in [5.41, 5.74) is 3.68. The van der Waals surface area contributed by atoms with E-state index >= 15 is 0 Å². The number of carbonyl (C=O) groups is 2. The fraction of sp³-hybridized carbons (Fsp3) is 0.174. The minimum Gasteiger partial charge on any atom is -0.349 e. The van der Waals surface area contributed by atoms with Crippen molar-refractivity contribution in [1.82, 2.24) is 20.0 Å². The number of nitrogens with one attached hydrogen (secondary N) is 2. The van der Waals surface area contributed by atoms with Crippen LogP contribution in [0.1, 0.15) is 33.5 Å². The summed E-state index contributed by atoms with van der Waals surface area (Å²) >= 11 is 1.48.